The van der Waals surface area contributed by atoms with Crippen LogP contribution < -0.4 is 11.1 Å². The molecule has 1 aromatic rings. The van der Waals surface area contributed by atoms with E-state index in [1.54, 1.807) is 13.0 Å². The standard InChI is InChI=1S/C15H21FN2O2/c1-9-4-12(16)6-13(5-9)18-15(14(17)19)7-10(2)20-11(3)8-15/h4-6,10-11,18H,7-8H2,1-3H3,(H2,17,19). The number of rotatable bonds is 3. The molecule has 0 bridgehead atoms. The van der Waals surface area contributed by atoms with Crippen molar-refractivity contribution in [2.24, 2.45) is 5.73 Å². The van der Waals surface area contributed by atoms with E-state index in [0.717, 1.165) is 5.56 Å². The molecule has 0 aromatic heterocycles. The van der Waals surface area contributed by atoms with Crippen molar-refractivity contribution in [2.45, 2.75) is 51.4 Å². The molecule has 1 amide bonds. The largest absolute Gasteiger partial charge is 0.375 e. The van der Waals surface area contributed by atoms with Crippen molar-refractivity contribution in [3.05, 3.63) is 29.6 Å². The van der Waals surface area contributed by atoms with E-state index in [1.165, 1.54) is 12.1 Å². The van der Waals surface area contributed by atoms with Gasteiger partial charge in [0, 0.05) is 18.5 Å². The van der Waals surface area contributed by atoms with Crippen LogP contribution in [-0.2, 0) is 9.53 Å². The Bertz CT molecular complexity index is 488. The Morgan fingerprint density at radius 1 is 1.35 bits per heavy atom. The van der Waals surface area contributed by atoms with Gasteiger partial charge in [0.25, 0.3) is 0 Å². The molecule has 3 N–H and O–H groups in total. The fourth-order valence-electron chi connectivity index (χ4n) is 3.01. The topological polar surface area (TPSA) is 64.3 Å². The molecule has 5 heteroatoms. The second-order valence-corrected chi connectivity index (χ2v) is 5.75. The molecule has 2 rings (SSSR count). The number of benzene rings is 1. The molecule has 2 unspecified atom stereocenters. The number of carbonyl (C=O) groups excluding carboxylic acids is 1. The summed E-state index contributed by atoms with van der Waals surface area (Å²) in [5.41, 5.74) is 6.07. The summed E-state index contributed by atoms with van der Waals surface area (Å²) in [7, 11) is 0. The van der Waals surface area contributed by atoms with E-state index in [0.29, 0.717) is 18.5 Å². The van der Waals surface area contributed by atoms with Gasteiger partial charge in [0.15, 0.2) is 0 Å². The maximum Gasteiger partial charge on any atom is 0.243 e. The van der Waals surface area contributed by atoms with Crippen molar-refractivity contribution in [3.63, 3.8) is 0 Å². The predicted octanol–water partition coefficient (Wildman–Crippen LogP) is 2.36. The van der Waals surface area contributed by atoms with E-state index in [9.17, 15) is 9.18 Å². The molecule has 110 valence electrons. The molecular weight excluding hydrogens is 259 g/mol. The van der Waals surface area contributed by atoms with E-state index in [2.05, 4.69) is 5.32 Å². The fourth-order valence-corrected chi connectivity index (χ4v) is 3.01. The van der Waals surface area contributed by atoms with Crippen LogP contribution in [0.1, 0.15) is 32.3 Å². The smallest absolute Gasteiger partial charge is 0.243 e. The highest BCUT2D eigenvalue weighted by molar-refractivity contribution is 5.88. The number of amides is 1. The normalized spacial score (nSPS) is 30.0. The molecule has 1 fully saturated rings. The summed E-state index contributed by atoms with van der Waals surface area (Å²) in [4.78, 5) is 12.0. The van der Waals surface area contributed by atoms with E-state index < -0.39 is 11.4 Å². The quantitative estimate of drug-likeness (QED) is 0.893. The molecule has 0 saturated carbocycles. The van der Waals surface area contributed by atoms with E-state index in [1.807, 2.05) is 13.8 Å². The Morgan fingerprint density at radius 2 is 1.95 bits per heavy atom. The van der Waals surface area contributed by atoms with Crippen LogP contribution in [0.2, 0.25) is 0 Å². The van der Waals surface area contributed by atoms with Gasteiger partial charge in [-0.25, -0.2) is 4.39 Å². The van der Waals surface area contributed by atoms with Crippen molar-refractivity contribution in [1.82, 2.24) is 0 Å². The molecule has 0 radical (unpaired) electrons. The van der Waals surface area contributed by atoms with Crippen LogP contribution in [0, 0.1) is 12.7 Å². The van der Waals surface area contributed by atoms with E-state index in [-0.39, 0.29) is 18.0 Å². The van der Waals surface area contributed by atoms with Gasteiger partial charge in [0.05, 0.1) is 12.2 Å². The first-order valence-electron chi connectivity index (χ1n) is 6.81. The monoisotopic (exact) mass is 280 g/mol. The van der Waals surface area contributed by atoms with Gasteiger partial charge in [0.1, 0.15) is 11.4 Å². The lowest BCUT2D eigenvalue weighted by atomic mass is 9.83. The maximum absolute atomic E-state index is 13.5. The lowest BCUT2D eigenvalue weighted by Gasteiger charge is -2.41. The first kappa shape index (κ1) is 14.8. The Balaban J connectivity index is 2.31. The Kier molecular flexibility index (Phi) is 3.99. The summed E-state index contributed by atoms with van der Waals surface area (Å²) in [6.07, 6.45) is 0.798. The number of hydrogen-bond donors (Lipinski definition) is 2. The molecule has 1 heterocycles. The van der Waals surface area contributed by atoms with E-state index >= 15 is 0 Å². The minimum absolute atomic E-state index is 0.0755. The number of carbonyl (C=O) groups is 1. The predicted molar refractivity (Wildman–Crippen MR) is 75.9 cm³/mol. The molecule has 1 aromatic carbocycles. The molecule has 4 nitrogen and oxygen atoms in total. The van der Waals surface area contributed by atoms with Crippen molar-refractivity contribution in [2.75, 3.05) is 5.32 Å². The van der Waals surface area contributed by atoms with Crippen molar-refractivity contribution < 1.29 is 13.9 Å². The van der Waals surface area contributed by atoms with Gasteiger partial charge in [0.2, 0.25) is 5.91 Å². The molecular formula is C15H21FN2O2. The Hall–Kier alpha value is -1.62. The second-order valence-electron chi connectivity index (χ2n) is 5.75. The number of anilines is 1. The summed E-state index contributed by atoms with van der Waals surface area (Å²) >= 11 is 0. The van der Waals surface area contributed by atoms with Gasteiger partial charge >= 0.3 is 0 Å². The number of aryl methyl sites for hydroxylation is 1. The third kappa shape index (κ3) is 3.10. The zero-order valence-electron chi connectivity index (χ0n) is 12.1. The molecule has 1 aliphatic heterocycles. The maximum atomic E-state index is 13.5. The highest BCUT2D eigenvalue weighted by Gasteiger charge is 2.43. The molecule has 0 spiro atoms. The van der Waals surface area contributed by atoms with Crippen molar-refractivity contribution >= 4 is 11.6 Å². The minimum Gasteiger partial charge on any atom is -0.375 e. The highest BCUT2D eigenvalue weighted by Crippen LogP contribution is 2.32. The van der Waals surface area contributed by atoms with Crippen LogP contribution in [0.4, 0.5) is 10.1 Å². The average Bonchev–Trinajstić information content (AvgIpc) is 2.25. The lowest BCUT2D eigenvalue weighted by molar-refractivity contribution is -0.131. The number of hydrogen-bond acceptors (Lipinski definition) is 3. The number of halogens is 1. The third-order valence-corrected chi connectivity index (χ3v) is 3.63. The van der Waals surface area contributed by atoms with Crippen LogP contribution in [0.15, 0.2) is 18.2 Å². The van der Waals surface area contributed by atoms with Crippen LogP contribution in [0.3, 0.4) is 0 Å². The van der Waals surface area contributed by atoms with Gasteiger partial charge in [-0.15, -0.1) is 0 Å². The summed E-state index contributed by atoms with van der Waals surface area (Å²) in [6, 6.07) is 4.62. The van der Waals surface area contributed by atoms with Gasteiger partial charge in [-0.2, -0.15) is 0 Å². The van der Waals surface area contributed by atoms with Gasteiger partial charge in [-0.3, -0.25) is 4.79 Å². The number of nitrogens with one attached hydrogen (secondary N) is 1. The van der Waals surface area contributed by atoms with Gasteiger partial charge in [-0.1, -0.05) is 0 Å². The first-order chi connectivity index (χ1) is 9.30. The summed E-state index contributed by atoms with van der Waals surface area (Å²) < 4.78 is 19.1. The molecule has 20 heavy (non-hydrogen) atoms. The molecule has 1 saturated heterocycles. The van der Waals surface area contributed by atoms with Crippen LogP contribution in [-0.4, -0.2) is 23.7 Å². The number of nitrogens with two attached hydrogens (primary N) is 1. The summed E-state index contributed by atoms with van der Waals surface area (Å²) in [6.45, 7) is 5.62. The van der Waals surface area contributed by atoms with Crippen LogP contribution >= 0.6 is 0 Å². The lowest BCUT2D eigenvalue weighted by Crippen LogP contribution is -2.57. The fraction of sp³-hybridized carbons (Fsp3) is 0.533. The van der Waals surface area contributed by atoms with E-state index in [4.69, 9.17) is 10.5 Å². The molecule has 1 aliphatic rings. The van der Waals surface area contributed by atoms with Crippen LogP contribution in [0.5, 0.6) is 0 Å². The first-order valence-corrected chi connectivity index (χ1v) is 6.81. The number of ether oxygens (including phenoxy) is 1. The Morgan fingerprint density at radius 3 is 2.45 bits per heavy atom. The second kappa shape index (κ2) is 5.40. The minimum atomic E-state index is -0.892. The average molecular weight is 280 g/mol. The molecule has 2 atom stereocenters. The summed E-state index contributed by atoms with van der Waals surface area (Å²) in [5.74, 6) is -0.762. The van der Waals surface area contributed by atoms with Gasteiger partial charge < -0.3 is 15.8 Å². The SMILES string of the molecule is Cc1cc(F)cc(NC2(C(N)=O)CC(C)OC(C)C2)c1. The van der Waals surface area contributed by atoms with Crippen LogP contribution in [0.25, 0.3) is 0 Å². The number of primary amides is 1. The third-order valence-electron chi connectivity index (χ3n) is 3.63. The zero-order chi connectivity index (χ0) is 14.9. The van der Waals surface area contributed by atoms with Crippen molar-refractivity contribution in [1.29, 1.82) is 0 Å². The van der Waals surface area contributed by atoms with Gasteiger partial charge in [-0.05, 0) is 44.5 Å². The molecule has 0 aliphatic carbocycles. The van der Waals surface area contributed by atoms with Crippen molar-refractivity contribution in [3.8, 4) is 0 Å². The summed E-state index contributed by atoms with van der Waals surface area (Å²) in [5, 5.41) is 3.14. The highest BCUT2D eigenvalue weighted by atomic mass is 19.1. The Labute approximate surface area is 118 Å². The zero-order valence-corrected chi connectivity index (χ0v) is 12.1.